The van der Waals surface area contributed by atoms with Crippen LogP contribution in [0.15, 0.2) is 24.3 Å². The smallest absolute Gasteiger partial charge is 0.326 e. The minimum Gasteiger partial charge on any atom is -0.508 e. The van der Waals surface area contributed by atoms with Gasteiger partial charge in [0.15, 0.2) is 0 Å². The molecule has 0 bridgehead atoms. The Balaban J connectivity index is 2.06. The van der Waals surface area contributed by atoms with E-state index in [1.807, 2.05) is 0 Å². The van der Waals surface area contributed by atoms with Crippen molar-refractivity contribution in [3.8, 4) is 5.75 Å². The van der Waals surface area contributed by atoms with Crippen molar-refractivity contribution in [1.82, 2.24) is 10.2 Å². The molecule has 2 amide bonds. The summed E-state index contributed by atoms with van der Waals surface area (Å²) in [5.41, 5.74) is 6.31. The molecule has 27 heavy (non-hydrogen) atoms. The Morgan fingerprint density at radius 2 is 1.93 bits per heavy atom. The lowest BCUT2D eigenvalue weighted by molar-refractivity contribution is -0.144. The van der Waals surface area contributed by atoms with Crippen LogP contribution < -0.4 is 11.1 Å². The number of phenols is 1. The number of carbonyl (C=O) groups is 3. The van der Waals surface area contributed by atoms with Gasteiger partial charge < -0.3 is 31.3 Å². The van der Waals surface area contributed by atoms with E-state index in [1.165, 1.54) is 24.0 Å². The van der Waals surface area contributed by atoms with Crippen LogP contribution in [0.2, 0.25) is 0 Å². The standard InChI is InChI=1S/C18H25N3O6/c1-10(22)15(19)17(25)21-8-2-3-14(21)16(24)20-13(18(26)27)9-11-4-6-12(23)7-5-11/h4-7,10,13-15,22-23H,2-3,8-9,19H2,1H3,(H,20,24)(H,26,27)/t10-,13+,14+,15+/m1/s1. The predicted octanol–water partition coefficient (Wildman–Crippen LogP) is -0.797. The second kappa shape index (κ2) is 8.83. The second-order valence-electron chi connectivity index (χ2n) is 6.73. The molecule has 0 radical (unpaired) electrons. The van der Waals surface area contributed by atoms with Crippen molar-refractivity contribution in [2.24, 2.45) is 5.73 Å². The molecule has 1 heterocycles. The lowest BCUT2D eigenvalue weighted by atomic mass is 10.0. The molecular formula is C18H25N3O6. The van der Waals surface area contributed by atoms with Crippen molar-refractivity contribution < 1.29 is 29.7 Å². The van der Waals surface area contributed by atoms with Gasteiger partial charge >= 0.3 is 5.97 Å². The number of phenolic OH excluding ortho intramolecular Hbond substituents is 1. The summed E-state index contributed by atoms with van der Waals surface area (Å²) in [4.78, 5) is 37.8. The number of amides is 2. The van der Waals surface area contributed by atoms with Crippen LogP contribution in [0.25, 0.3) is 0 Å². The highest BCUT2D eigenvalue weighted by Crippen LogP contribution is 2.19. The quantitative estimate of drug-likeness (QED) is 0.416. The first kappa shape index (κ1) is 20.7. The van der Waals surface area contributed by atoms with Gasteiger partial charge in [-0.1, -0.05) is 12.1 Å². The number of aromatic hydroxyl groups is 1. The minimum absolute atomic E-state index is 0.0369. The van der Waals surface area contributed by atoms with Gasteiger partial charge in [-0.25, -0.2) is 4.79 Å². The zero-order valence-electron chi connectivity index (χ0n) is 15.0. The number of hydrogen-bond acceptors (Lipinski definition) is 6. The van der Waals surface area contributed by atoms with Crippen LogP contribution in [0.5, 0.6) is 5.75 Å². The molecule has 1 aliphatic heterocycles. The molecule has 0 unspecified atom stereocenters. The van der Waals surface area contributed by atoms with Crippen molar-refractivity contribution in [1.29, 1.82) is 0 Å². The molecule has 9 heteroatoms. The molecule has 1 aromatic carbocycles. The highest BCUT2D eigenvalue weighted by atomic mass is 16.4. The molecule has 0 aromatic heterocycles. The first-order valence-electron chi connectivity index (χ1n) is 8.76. The van der Waals surface area contributed by atoms with Crippen LogP contribution in [0.1, 0.15) is 25.3 Å². The van der Waals surface area contributed by atoms with Crippen LogP contribution in [-0.2, 0) is 20.8 Å². The number of aliphatic hydroxyl groups is 1. The highest BCUT2D eigenvalue weighted by molar-refractivity contribution is 5.92. The number of nitrogens with zero attached hydrogens (tertiary/aromatic N) is 1. The Morgan fingerprint density at radius 3 is 2.48 bits per heavy atom. The fourth-order valence-corrected chi connectivity index (χ4v) is 3.04. The number of likely N-dealkylation sites (tertiary alicyclic amines) is 1. The van der Waals surface area contributed by atoms with Gasteiger partial charge in [0.2, 0.25) is 11.8 Å². The number of aliphatic carboxylic acids is 1. The van der Waals surface area contributed by atoms with Crippen LogP contribution in [-0.4, -0.2) is 68.8 Å². The van der Waals surface area contributed by atoms with Crippen molar-refractivity contribution in [2.45, 2.75) is 50.4 Å². The Kier molecular flexibility index (Phi) is 6.75. The SMILES string of the molecule is C[C@@H](O)[C@H](N)C(=O)N1CCC[C@H]1C(=O)N[C@@H](Cc1ccc(O)cc1)C(=O)O. The summed E-state index contributed by atoms with van der Waals surface area (Å²) in [5.74, 6) is -2.24. The van der Waals surface area contributed by atoms with Crippen LogP contribution in [0.4, 0.5) is 0 Å². The third-order valence-corrected chi connectivity index (χ3v) is 4.63. The third kappa shape index (κ3) is 5.18. The number of carbonyl (C=O) groups excluding carboxylic acids is 2. The first-order valence-corrected chi connectivity index (χ1v) is 8.76. The van der Waals surface area contributed by atoms with Gasteiger partial charge in [-0.3, -0.25) is 9.59 Å². The van der Waals surface area contributed by atoms with Gasteiger partial charge in [0.25, 0.3) is 0 Å². The lowest BCUT2D eigenvalue weighted by Crippen LogP contribution is -2.56. The summed E-state index contributed by atoms with van der Waals surface area (Å²) in [6.07, 6.45) is -0.0280. The Morgan fingerprint density at radius 1 is 1.30 bits per heavy atom. The van der Waals surface area contributed by atoms with E-state index in [9.17, 15) is 29.7 Å². The number of benzene rings is 1. The summed E-state index contributed by atoms with van der Waals surface area (Å²) in [5, 5.41) is 30.7. The van der Waals surface area contributed by atoms with E-state index in [0.29, 0.717) is 24.9 Å². The molecular weight excluding hydrogens is 354 g/mol. The van der Waals surface area contributed by atoms with Crippen LogP contribution >= 0.6 is 0 Å². The maximum absolute atomic E-state index is 12.6. The first-order chi connectivity index (χ1) is 12.7. The number of nitrogens with one attached hydrogen (secondary N) is 1. The minimum atomic E-state index is -1.20. The van der Waals surface area contributed by atoms with Crippen molar-refractivity contribution in [3.05, 3.63) is 29.8 Å². The zero-order valence-corrected chi connectivity index (χ0v) is 15.0. The van der Waals surface area contributed by atoms with Crippen molar-refractivity contribution in [3.63, 3.8) is 0 Å². The van der Waals surface area contributed by atoms with E-state index >= 15 is 0 Å². The molecule has 6 N–H and O–H groups in total. The second-order valence-corrected chi connectivity index (χ2v) is 6.73. The van der Waals surface area contributed by atoms with Gasteiger partial charge in [0.1, 0.15) is 23.9 Å². The zero-order chi connectivity index (χ0) is 20.1. The normalized spacial score (nSPS) is 20.0. The molecule has 1 saturated heterocycles. The molecule has 0 aliphatic carbocycles. The molecule has 0 spiro atoms. The Labute approximate surface area is 156 Å². The van der Waals surface area contributed by atoms with Gasteiger partial charge in [-0.15, -0.1) is 0 Å². The average Bonchev–Trinajstić information content (AvgIpc) is 3.11. The number of carboxylic acids is 1. The largest absolute Gasteiger partial charge is 0.508 e. The van der Waals surface area contributed by atoms with Gasteiger partial charge in [-0.05, 0) is 37.5 Å². The third-order valence-electron chi connectivity index (χ3n) is 4.63. The Bertz CT molecular complexity index is 691. The van der Waals surface area contributed by atoms with Crippen LogP contribution in [0, 0.1) is 0 Å². The summed E-state index contributed by atoms with van der Waals surface area (Å²) in [7, 11) is 0. The maximum atomic E-state index is 12.6. The monoisotopic (exact) mass is 379 g/mol. The maximum Gasteiger partial charge on any atom is 0.326 e. The molecule has 4 atom stereocenters. The molecule has 2 rings (SSSR count). The molecule has 9 nitrogen and oxygen atoms in total. The molecule has 1 aliphatic rings. The fraction of sp³-hybridized carbons (Fsp3) is 0.500. The Hall–Kier alpha value is -2.65. The molecule has 1 fully saturated rings. The van der Waals surface area contributed by atoms with E-state index in [-0.39, 0.29) is 12.2 Å². The van der Waals surface area contributed by atoms with Crippen molar-refractivity contribution in [2.75, 3.05) is 6.54 Å². The molecule has 0 saturated carbocycles. The number of nitrogens with two attached hydrogens (primary N) is 1. The van der Waals surface area contributed by atoms with Gasteiger partial charge in [0, 0.05) is 13.0 Å². The van der Waals surface area contributed by atoms with Gasteiger partial charge in [0.05, 0.1) is 6.10 Å². The van der Waals surface area contributed by atoms with Crippen molar-refractivity contribution >= 4 is 17.8 Å². The molecule has 148 valence electrons. The number of aliphatic hydroxyl groups excluding tert-OH is 1. The average molecular weight is 379 g/mol. The van der Waals surface area contributed by atoms with E-state index in [0.717, 1.165) is 0 Å². The fourth-order valence-electron chi connectivity index (χ4n) is 3.04. The predicted molar refractivity (Wildman–Crippen MR) is 95.8 cm³/mol. The van der Waals surface area contributed by atoms with Crippen LogP contribution in [0.3, 0.4) is 0 Å². The lowest BCUT2D eigenvalue weighted by Gasteiger charge is -2.28. The summed E-state index contributed by atoms with van der Waals surface area (Å²) in [6.45, 7) is 1.72. The summed E-state index contributed by atoms with van der Waals surface area (Å²) < 4.78 is 0. The number of hydrogen-bond donors (Lipinski definition) is 5. The highest BCUT2D eigenvalue weighted by Gasteiger charge is 2.38. The van der Waals surface area contributed by atoms with Gasteiger partial charge in [-0.2, -0.15) is 0 Å². The van der Waals surface area contributed by atoms with E-state index in [2.05, 4.69) is 5.32 Å². The summed E-state index contributed by atoms with van der Waals surface area (Å²) >= 11 is 0. The summed E-state index contributed by atoms with van der Waals surface area (Å²) in [6, 6.07) is 2.89. The number of carboxylic acid groups (broad SMARTS) is 1. The number of rotatable bonds is 7. The molecule has 1 aromatic rings. The van der Waals surface area contributed by atoms with E-state index in [1.54, 1.807) is 12.1 Å². The van der Waals surface area contributed by atoms with E-state index in [4.69, 9.17) is 5.73 Å². The van der Waals surface area contributed by atoms with E-state index < -0.39 is 42.0 Å². The topological polar surface area (TPSA) is 153 Å².